The van der Waals surface area contributed by atoms with Gasteiger partial charge < -0.3 is 10.8 Å². The van der Waals surface area contributed by atoms with E-state index in [2.05, 4.69) is 10.9 Å². The van der Waals surface area contributed by atoms with Gasteiger partial charge in [0.15, 0.2) is 0 Å². The molecule has 56 valence electrons. The molecule has 0 aliphatic carbocycles. The summed E-state index contributed by atoms with van der Waals surface area (Å²) < 4.78 is 0. The maximum absolute atomic E-state index is 10.2. The molecular formula is C4H5ClN2O3. The first-order valence-corrected chi connectivity index (χ1v) is 2.78. The molecule has 0 atom stereocenters. The Labute approximate surface area is 61.4 Å². The second-order valence-corrected chi connectivity index (χ2v) is 1.65. The molecule has 0 aliphatic rings. The maximum atomic E-state index is 10.2. The number of aliphatic hydroxyl groups is 1. The van der Waals surface area contributed by atoms with E-state index in [4.69, 9.17) is 16.7 Å². The summed E-state index contributed by atoms with van der Waals surface area (Å²) >= 11 is 5.06. The molecule has 0 heterocycles. The van der Waals surface area contributed by atoms with Crippen LogP contribution in [0.3, 0.4) is 0 Å². The van der Waals surface area contributed by atoms with E-state index < -0.39 is 17.4 Å². The minimum atomic E-state index is -1.09. The molecule has 0 unspecified atom stereocenters. The molecule has 0 saturated carbocycles. The Morgan fingerprint density at radius 2 is 2.20 bits per heavy atom. The van der Waals surface area contributed by atoms with Crippen molar-refractivity contribution in [1.82, 2.24) is 0 Å². The number of halogens is 1. The van der Waals surface area contributed by atoms with Crippen molar-refractivity contribution in [2.75, 3.05) is 5.88 Å². The minimum Gasteiger partial charge on any atom is -0.508 e. The summed E-state index contributed by atoms with van der Waals surface area (Å²) in [5, 5.41) is 10.8. The largest absolute Gasteiger partial charge is 0.508 e. The van der Waals surface area contributed by atoms with Crippen LogP contribution in [0.5, 0.6) is 0 Å². The first-order valence-electron chi connectivity index (χ1n) is 2.24. The van der Waals surface area contributed by atoms with Gasteiger partial charge in [0.25, 0.3) is 5.91 Å². The molecule has 5 nitrogen and oxygen atoms in total. The summed E-state index contributed by atoms with van der Waals surface area (Å²) in [6.45, 7) is 0. The number of primary amides is 1. The standard InChI is InChI=1S/C4H5ClN2O3/c5-1-2(8)3(7-10)4(6)9/h8H,1H2,(H2,6,9). The highest BCUT2D eigenvalue weighted by Gasteiger charge is 2.10. The summed E-state index contributed by atoms with van der Waals surface area (Å²) in [5.41, 5.74) is 3.89. The maximum Gasteiger partial charge on any atom is 0.274 e. The van der Waals surface area contributed by atoms with Crippen molar-refractivity contribution < 1.29 is 9.90 Å². The number of hydrogen-bond acceptors (Lipinski definition) is 4. The van der Waals surface area contributed by atoms with Gasteiger partial charge in [0.1, 0.15) is 5.76 Å². The zero-order valence-corrected chi connectivity index (χ0v) is 5.63. The number of nitrogens with zero attached hydrogens (tertiary/aromatic N) is 1. The van der Waals surface area contributed by atoms with Gasteiger partial charge in [-0.3, -0.25) is 4.79 Å². The minimum absolute atomic E-state index is 0.357. The lowest BCUT2D eigenvalue weighted by Gasteiger charge is -1.93. The molecular weight excluding hydrogens is 160 g/mol. The van der Waals surface area contributed by atoms with Gasteiger partial charge in [0, 0.05) is 0 Å². The monoisotopic (exact) mass is 164 g/mol. The van der Waals surface area contributed by atoms with Gasteiger partial charge in [-0.05, 0) is 5.18 Å². The van der Waals surface area contributed by atoms with Crippen molar-refractivity contribution in [3.8, 4) is 0 Å². The van der Waals surface area contributed by atoms with Gasteiger partial charge in [-0.15, -0.1) is 16.5 Å². The predicted octanol–water partition coefficient (Wildman–Crippen LogP) is 0.246. The second-order valence-electron chi connectivity index (χ2n) is 1.38. The first kappa shape index (κ1) is 8.90. The third-order valence-electron chi connectivity index (χ3n) is 0.725. The van der Waals surface area contributed by atoms with E-state index in [1.54, 1.807) is 0 Å². The van der Waals surface area contributed by atoms with Crippen LogP contribution in [0, 0.1) is 4.91 Å². The first-order chi connectivity index (χ1) is 4.63. The third-order valence-corrected chi connectivity index (χ3v) is 0.978. The summed E-state index contributed by atoms with van der Waals surface area (Å²) in [4.78, 5) is 19.9. The number of allylic oxidation sites excluding steroid dienone is 1. The molecule has 0 aromatic carbocycles. The Bertz CT molecular complexity index is 189. The number of amides is 1. The fraction of sp³-hybridized carbons (Fsp3) is 0.250. The Morgan fingerprint density at radius 1 is 1.70 bits per heavy atom. The second kappa shape index (κ2) is 3.84. The average Bonchev–Trinajstić information content (AvgIpc) is 1.88. The van der Waals surface area contributed by atoms with Crippen LogP contribution >= 0.6 is 11.6 Å². The Balaban J connectivity index is 4.62. The van der Waals surface area contributed by atoms with Crippen LogP contribution in [0.25, 0.3) is 0 Å². The van der Waals surface area contributed by atoms with E-state index in [-0.39, 0.29) is 5.88 Å². The van der Waals surface area contributed by atoms with Crippen LogP contribution in [-0.4, -0.2) is 16.9 Å². The van der Waals surface area contributed by atoms with Crippen LogP contribution < -0.4 is 5.73 Å². The van der Waals surface area contributed by atoms with Crippen LogP contribution in [0.4, 0.5) is 0 Å². The lowest BCUT2D eigenvalue weighted by atomic mass is 10.4. The zero-order valence-electron chi connectivity index (χ0n) is 4.87. The SMILES string of the molecule is NC(=O)C(N=O)=C(O)CCl. The van der Waals surface area contributed by atoms with Gasteiger partial charge in [-0.2, -0.15) is 0 Å². The lowest BCUT2D eigenvalue weighted by Crippen LogP contribution is -2.14. The molecule has 1 amide bonds. The van der Waals surface area contributed by atoms with Crippen molar-refractivity contribution in [3.05, 3.63) is 16.4 Å². The molecule has 0 spiro atoms. The molecule has 0 aliphatic heterocycles. The van der Waals surface area contributed by atoms with Crippen LogP contribution in [0.15, 0.2) is 16.6 Å². The average molecular weight is 165 g/mol. The van der Waals surface area contributed by atoms with Crippen molar-refractivity contribution in [2.45, 2.75) is 0 Å². The Hall–Kier alpha value is -1.10. The number of carbonyl (C=O) groups excluding carboxylic acids is 1. The molecule has 0 aromatic heterocycles. The molecule has 6 heteroatoms. The topological polar surface area (TPSA) is 92.8 Å². The molecule has 0 aromatic rings. The molecule has 0 saturated heterocycles. The van der Waals surface area contributed by atoms with Crippen LogP contribution in [-0.2, 0) is 4.79 Å². The molecule has 0 rings (SSSR count). The van der Waals surface area contributed by atoms with Gasteiger partial charge >= 0.3 is 0 Å². The molecule has 0 radical (unpaired) electrons. The highest BCUT2D eigenvalue weighted by atomic mass is 35.5. The molecule has 3 N–H and O–H groups in total. The van der Waals surface area contributed by atoms with Crippen LogP contribution in [0.2, 0.25) is 0 Å². The van der Waals surface area contributed by atoms with Gasteiger partial charge in [-0.25, -0.2) is 0 Å². The highest BCUT2D eigenvalue weighted by molar-refractivity contribution is 6.19. The Morgan fingerprint density at radius 3 is 2.30 bits per heavy atom. The number of rotatable bonds is 3. The van der Waals surface area contributed by atoms with E-state index in [9.17, 15) is 9.70 Å². The smallest absolute Gasteiger partial charge is 0.274 e. The van der Waals surface area contributed by atoms with E-state index in [0.29, 0.717) is 0 Å². The van der Waals surface area contributed by atoms with Crippen molar-refractivity contribution in [3.63, 3.8) is 0 Å². The van der Waals surface area contributed by atoms with E-state index in [1.165, 1.54) is 0 Å². The Kier molecular flexibility index (Phi) is 3.42. The number of alkyl halides is 1. The summed E-state index contributed by atoms with van der Waals surface area (Å²) in [6, 6.07) is 0. The zero-order chi connectivity index (χ0) is 8.15. The fourth-order valence-electron chi connectivity index (χ4n) is 0.303. The van der Waals surface area contributed by atoms with Crippen molar-refractivity contribution in [1.29, 1.82) is 0 Å². The highest BCUT2D eigenvalue weighted by Crippen LogP contribution is 2.03. The molecule has 10 heavy (non-hydrogen) atoms. The van der Waals surface area contributed by atoms with Crippen LogP contribution in [0.1, 0.15) is 0 Å². The van der Waals surface area contributed by atoms with E-state index >= 15 is 0 Å². The normalized spacial score (nSPS) is 12.1. The number of nitrogens with two attached hydrogens (primary N) is 1. The van der Waals surface area contributed by atoms with Gasteiger partial charge in [0.05, 0.1) is 5.88 Å². The van der Waals surface area contributed by atoms with Gasteiger partial charge in [0.2, 0.25) is 5.70 Å². The summed E-state index contributed by atoms with van der Waals surface area (Å²) in [6.07, 6.45) is 0. The number of aliphatic hydroxyl groups excluding tert-OH is 1. The molecule has 0 bridgehead atoms. The van der Waals surface area contributed by atoms with Gasteiger partial charge in [-0.1, -0.05) is 0 Å². The van der Waals surface area contributed by atoms with Crippen molar-refractivity contribution >= 4 is 17.5 Å². The fourth-order valence-corrected chi connectivity index (χ4v) is 0.430. The van der Waals surface area contributed by atoms with E-state index in [1.807, 2.05) is 0 Å². The lowest BCUT2D eigenvalue weighted by molar-refractivity contribution is -0.114. The van der Waals surface area contributed by atoms with Crippen molar-refractivity contribution in [2.24, 2.45) is 10.9 Å². The number of hydrogen-bond donors (Lipinski definition) is 2. The summed E-state index contributed by atoms with van der Waals surface area (Å²) in [7, 11) is 0. The quantitative estimate of drug-likeness (QED) is 0.271. The predicted molar refractivity (Wildman–Crippen MR) is 35.4 cm³/mol. The number of carbonyl (C=O) groups is 1. The van der Waals surface area contributed by atoms with E-state index in [0.717, 1.165) is 0 Å². The summed E-state index contributed by atoms with van der Waals surface area (Å²) in [5.74, 6) is -2.05. The number of nitroso groups, excluding NO2 is 1. The third kappa shape index (κ3) is 2.02. The molecule has 0 fully saturated rings.